The predicted octanol–water partition coefficient (Wildman–Crippen LogP) is 1.94. The number of hydrogen-bond acceptors (Lipinski definition) is 5. The number of nitrogens with zero attached hydrogens (tertiary/aromatic N) is 3. The summed E-state index contributed by atoms with van der Waals surface area (Å²) in [4.78, 5) is 12.3. The van der Waals surface area contributed by atoms with Crippen LogP contribution < -0.4 is 10.4 Å². The summed E-state index contributed by atoms with van der Waals surface area (Å²) in [6.07, 6.45) is 0. The van der Waals surface area contributed by atoms with E-state index in [1.165, 1.54) is 21.4 Å². The highest BCUT2D eigenvalue weighted by atomic mass is 35.5. The highest BCUT2D eigenvalue weighted by molar-refractivity contribution is 7.91. The van der Waals surface area contributed by atoms with Gasteiger partial charge in [0.25, 0.3) is 0 Å². The van der Waals surface area contributed by atoms with Crippen LogP contribution in [0.1, 0.15) is 0 Å². The van der Waals surface area contributed by atoms with Crippen molar-refractivity contribution in [2.75, 3.05) is 6.54 Å². The molecule has 0 fully saturated rings. The van der Waals surface area contributed by atoms with E-state index in [0.29, 0.717) is 10.2 Å². The Morgan fingerprint density at radius 1 is 1.20 bits per heavy atom. The molecule has 0 unspecified atom stereocenters. The Balaban J connectivity index is 1.73. The largest absolute Gasteiger partial charge is 0.345 e. The number of halogens is 1. The Hall–Kier alpha value is -1.94. The van der Waals surface area contributed by atoms with Crippen molar-refractivity contribution in [2.24, 2.45) is 7.05 Å². The van der Waals surface area contributed by atoms with Crippen molar-refractivity contribution >= 4 is 33.0 Å². The third-order valence-corrected chi connectivity index (χ3v) is 6.69. The van der Waals surface area contributed by atoms with Crippen LogP contribution in [0.3, 0.4) is 0 Å². The van der Waals surface area contributed by atoms with Gasteiger partial charge in [-0.1, -0.05) is 41.9 Å². The van der Waals surface area contributed by atoms with Crippen LogP contribution in [-0.2, 0) is 23.6 Å². The number of sulfonamides is 1. The van der Waals surface area contributed by atoms with E-state index < -0.39 is 10.0 Å². The van der Waals surface area contributed by atoms with Crippen molar-refractivity contribution in [3.05, 3.63) is 57.3 Å². The van der Waals surface area contributed by atoms with Crippen LogP contribution in [0.5, 0.6) is 0 Å². The van der Waals surface area contributed by atoms with Gasteiger partial charge >= 0.3 is 5.69 Å². The van der Waals surface area contributed by atoms with Crippen LogP contribution >= 0.6 is 22.9 Å². The Morgan fingerprint density at radius 2 is 1.92 bits per heavy atom. The number of hydrogen-bond donors (Lipinski definition) is 1. The van der Waals surface area contributed by atoms with Crippen molar-refractivity contribution in [1.82, 2.24) is 19.1 Å². The van der Waals surface area contributed by atoms with Crippen LogP contribution in [0, 0.1) is 0 Å². The predicted molar refractivity (Wildman–Crippen MR) is 97.4 cm³/mol. The molecular formula is C15H15ClN4O3S2. The monoisotopic (exact) mass is 398 g/mol. The normalized spacial score (nSPS) is 11.8. The fraction of sp³-hybridized carbons (Fsp3) is 0.200. The molecule has 0 amide bonds. The molecule has 3 rings (SSSR count). The molecule has 3 aromatic rings. The maximum absolute atomic E-state index is 12.3. The highest BCUT2D eigenvalue weighted by Crippen LogP contribution is 2.25. The number of thiophene rings is 1. The molecule has 0 bridgehead atoms. The molecule has 2 aromatic heterocycles. The molecule has 0 radical (unpaired) electrons. The summed E-state index contributed by atoms with van der Waals surface area (Å²) in [5, 5.41) is 4.29. The van der Waals surface area contributed by atoms with Crippen molar-refractivity contribution in [1.29, 1.82) is 0 Å². The Morgan fingerprint density at radius 3 is 2.56 bits per heavy atom. The van der Waals surface area contributed by atoms with E-state index in [1.54, 1.807) is 7.05 Å². The fourth-order valence-corrected chi connectivity index (χ4v) is 4.82. The molecule has 1 aromatic carbocycles. The average Bonchev–Trinajstić information content (AvgIpc) is 3.15. The van der Waals surface area contributed by atoms with Gasteiger partial charge in [0.15, 0.2) is 5.82 Å². The van der Waals surface area contributed by atoms with Crippen LogP contribution in [0.2, 0.25) is 4.34 Å². The first-order chi connectivity index (χ1) is 11.9. The van der Waals surface area contributed by atoms with Gasteiger partial charge in [-0.05, 0) is 12.1 Å². The number of nitrogens with one attached hydrogen (secondary N) is 1. The second-order valence-corrected chi connectivity index (χ2v) is 8.92. The maximum Gasteiger partial charge on any atom is 0.345 e. The van der Waals surface area contributed by atoms with E-state index >= 15 is 0 Å². The van der Waals surface area contributed by atoms with E-state index in [0.717, 1.165) is 16.9 Å². The second kappa shape index (κ2) is 7.12. The van der Waals surface area contributed by atoms with E-state index in [4.69, 9.17) is 11.6 Å². The molecule has 0 aliphatic rings. The first-order valence-electron chi connectivity index (χ1n) is 7.33. The summed E-state index contributed by atoms with van der Waals surface area (Å²) in [5.74, 6) is 0.526. The van der Waals surface area contributed by atoms with E-state index in [9.17, 15) is 13.2 Å². The number of benzene rings is 1. The van der Waals surface area contributed by atoms with Gasteiger partial charge in [0.05, 0.1) is 10.9 Å². The maximum atomic E-state index is 12.3. The van der Waals surface area contributed by atoms with E-state index in [1.807, 2.05) is 30.3 Å². The van der Waals surface area contributed by atoms with Gasteiger partial charge < -0.3 is 0 Å². The summed E-state index contributed by atoms with van der Waals surface area (Å²) in [6, 6.07) is 12.3. The Labute approximate surface area is 153 Å². The minimum absolute atomic E-state index is 0.0446. The lowest BCUT2D eigenvalue weighted by molar-refractivity contribution is 0.552. The average molecular weight is 399 g/mol. The number of aromatic nitrogens is 3. The zero-order valence-electron chi connectivity index (χ0n) is 13.2. The Bertz CT molecular complexity index is 1040. The molecule has 2 heterocycles. The molecule has 0 saturated heterocycles. The minimum Gasteiger partial charge on any atom is -0.278 e. The molecule has 1 N–H and O–H groups in total. The molecular weight excluding hydrogens is 384 g/mol. The molecule has 0 atom stereocenters. The number of rotatable bonds is 6. The zero-order valence-corrected chi connectivity index (χ0v) is 15.6. The summed E-state index contributed by atoms with van der Waals surface area (Å²) in [6.45, 7) is 0.168. The molecule has 0 saturated carbocycles. The molecule has 132 valence electrons. The van der Waals surface area contributed by atoms with Crippen molar-refractivity contribution in [2.45, 2.75) is 10.8 Å². The van der Waals surface area contributed by atoms with Gasteiger partial charge in [0.1, 0.15) is 4.21 Å². The highest BCUT2D eigenvalue weighted by Gasteiger charge is 2.17. The summed E-state index contributed by atoms with van der Waals surface area (Å²) in [7, 11) is -2.01. The van der Waals surface area contributed by atoms with Crippen LogP contribution in [0.15, 0.2) is 51.5 Å². The molecule has 7 nitrogen and oxygen atoms in total. The van der Waals surface area contributed by atoms with Crippen LogP contribution in [-0.4, -0.2) is 29.3 Å². The van der Waals surface area contributed by atoms with Crippen LogP contribution in [0.4, 0.5) is 0 Å². The van der Waals surface area contributed by atoms with E-state index in [2.05, 4.69) is 9.82 Å². The minimum atomic E-state index is -3.64. The molecule has 25 heavy (non-hydrogen) atoms. The quantitative estimate of drug-likeness (QED) is 0.687. The molecule has 0 aliphatic carbocycles. The van der Waals surface area contributed by atoms with Gasteiger partial charge in [0, 0.05) is 19.2 Å². The summed E-state index contributed by atoms with van der Waals surface area (Å²) >= 11 is 6.74. The van der Waals surface area contributed by atoms with Crippen molar-refractivity contribution in [3.63, 3.8) is 0 Å². The molecule has 0 aliphatic heterocycles. The van der Waals surface area contributed by atoms with Crippen molar-refractivity contribution in [3.8, 4) is 11.4 Å². The standard InChI is InChI=1S/C15H15ClN4O3S2/c1-19-14(11-5-3-2-4-6-11)18-20(15(19)21)10-9-17-25(22,23)13-8-7-12(16)24-13/h2-8,17H,9-10H2,1H3. The second-order valence-electron chi connectivity index (χ2n) is 5.21. The lowest BCUT2D eigenvalue weighted by Crippen LogP contribution is -2.31. The van der Waals surface area contributed by atoms with Gasteiger partial charge in [-0.2, -0.15) is 0 Å². The Kier molecular flexibility index (Phi) is 5.09. The van der Waals surface area contributed by atoms with Gasteiger partial charge in [-0.3, -0.25) is 4.57 Å². The molecule has 0 spiro atoms. The fourth-order valence-electron chi connectivity index (χ4n) is 2.27. The third kappa shape index (κ3) is 3.84. The lowest BCUT2D eigenvalue weighted by Gasteiger charge is -2.04. The van der Waals surface area contributed by atoms with E-state index in [-0.39, 0.29) is 23.0 Å². The third-order valence-electron chi connectivity index (χ3n) is 3.50. The first kappa shape index (κ1) is 17.9. The first-order valence-corrected chi connectivity index (χ1v) is 10.0. The zero-order chi connectivity index (χ0) is 18.0. The van der Waals surface area contributed by atoms with Crippen molar-refractivity contribution < 1.29 is 8.42 Å². The topological polar surface area (TPSA) is 86.0 Å². The molecule has 10 heteroatoms. The van der Waals surface area contributed by atoms with Gasteiger partial charge in [0.2, 0.25) is 10.0 Å². The smallest absolute Gasteiger partial charge is 0.278 e. The van der Waals surface area contributed by atoms with Gasteiger partial charge in [-0.25, -0.2) is 22.6 Å². The summed E-state index contributed by atoms with van der Waals surface area (Å²) in [5.41, 5.74) is 0.506. The van der Waals surface area contributed by atoms with Crippen LogP contribution in [0.25, 0.3) is 11.4 Å². The lowest BCUT2D eigenvalue weighted by atomic mass is 10.2. The SMILES string of the molecule is Cn1c(-c2ccccc2)nn(CCNS(=O)(=O)c2ccc(Cl)s2)c1=O. The summed E-state index contributed by atoms with van der Waals surface area (Å²) < 4.78 is 29.9. The van der Waals surface area contributed by atoms with Gasteiger partial charge in [-0.15, -0.1) is 16.4 Å².